The van der Waals surface area contributed by atoms with E-state index >= 15 is 0 Å². The lowest BCUT2D eigenvalue weighted by Crippen LogP contribution is -2.07. The van der Waals surface area contributed by atoms with Gasteiger partial charge in [0.2, 0.25) is 0 Å². The van der Waals surface area contributed by atoms with E-state index in [0.717, 1.165) is 18.7 Å². The molecule has 2 N–H and O–H groups in total. The van der Waals surface area contributed by atoms with E-state index in [-0.39, 0.29) is 5.56 Å². The molecule has 0 atom stereocenters. The van der Waals surface area contributed by atoms with Crippen LogP contribution in [-0.2, 0) is 0 Å². The van der Waals surface area contributed by atoms with Crippen molar-refractivity contribution in [3.63, 3.8) is 0 Å². The third-order valence-electron chi connectivity index (χ3n) is 2.78. The van der Waals surface area contributed by atoms with Crippen LogP contribution in [0.2, 0.25) is 0 Å². The maximum Gasteiger partial charge on any atom is 0.336 e. The van der Waals surface area contributed by atoms with Gasteiger partial charge in [-0.1, -0.05) is 18.2 Å². The molecule has 0 saturated heterocycles. The average molecular weight is 276 g/mol. The number of carbonyl (C=O) groups is 1. The first-order valence-electron chi connectivity index (χ1n) is 6.08. The number of hydrogen-bond donors (Lipinski definition) is 2. The number of nitrogens with zero attached hydrogens (tertiary/aromatic N) is 1. The van der Waals surface area contributed by atoms with Gasteiger partial charge in [-0.25, -0.2) is 9.78 Å². The molecular formula is C14H16N2O2S. The summed E-state index contributed by atoms with van der Waals surface area (Å²) in [5.74, 6) is 0.773. The summed E-state index contributed by atoms with van der Waals surface area (Å²) in [5.41, 5.74) is 0.993. The highest BCUT2D eigenvalue weighted by Gasteiger charge is 2.11. The first-order chi connectivity index (χ1) is 9.22. The van der Waals surface area contributed by atoms with Crippen molar-refractivity contribution in [2.45, 2.75) is 6.42 Å². The normalized spacial score (nSPS) is 10.6. The summed E-state index contributed by atoms with van der Waals surface area (Å²) in [7, 11) is 0. The summed E-state index contributed by atoms with van der Waals surface area (Å²) in [6.45, 7) is 0.797. The molecule has 100 valence electrons. The number of benzene rings is 1. The van der Waals surface area contributed by atoms with Gasteiger partial charge >= 0.3 is 5.97 Å². The molecule has 0 amide bonds. The van der Waals surface area contributed by atoms with E-state index in [4.69, 9.17) is 0 Å². The topological polar surface area (TPSA) is 62.2 Å². The summed E-state index contributed by atoms with van der Waals surface area (Å²) >= 11 is 1.79. The molecule has 0 spiro atoms. The quantitative estimate of drug-likeness (QED) is 0.794. The molecule has 0 aliphatic rings. The van der Waals surface area contributed by atoms with Crippen molar-refractivity contribution >= 4 is 34.5 Å². The van der Waals surface area contributed by atoms with E-state index in [2.05, 4.69) is 16.6 Å². The maximum atomic E-state index is 11.3. The number of fused-ring (bicyclic) bond motifs is 1. The summed E-state index contributed by atoms with van der Waals surface area (Å²) in [4.78, 5) is 15.7. The molecule has 4 nitrogen and oxygen atoms in total. The van der Waals surface area contributed by atoms with Gasteiger partial charge in [0.25, 0.3) is 0 Å². The van der Waals surface area contributed by atoms with Crippen molar-refractivity contribution in [2.24, 2.45) is 0 Å². The molecule has 19 heavy (non-hydrogen) atoms. The van der Waals surface area contributed by atoms with Crippen molar-refractivity contribution in [3.05, 3.63) is 35.9 Å². The lowest BCUT2D eigenvalue weighted by Gasteiger charge is -2.08. The minimum atomic E-state index is -0.925. The van der Waals surface area contributed by atoms with Gasteiger partial charge < -0.3 is 10.4 Å². The molecule has 0 aliphatic heterocycles. The highest BCUT2D eigenvalue weighted by molar-refractivity contribution is 7.98. The van der Waals surface area contributed by atoms with Crippen LogP contribution in [0.4, 0.5) is 5.82 Å². The van der Waals surface area contributed by atoms with Gasteiger partial charge in [0, 0.05) is 11.9 Å². The van der Waals surface area contributed by atoms with Crippen LogP contribution in [-0.4, -0.2) is 34.6 Å². The van der Waals surface area contributed by atoms with E-state index in [1.54, 1.807) is 23.9 Å². The zero-order valence-electron chi connectivity index (χ0n) is 10.7. The Morgan fingerprint density at radius 3 is 2.95 bits per heavy atom. The van der Waals surface area contributed by atoms with Crippen LogP contribution in [0.3, 0.4) is 0 Å². The van der Waals surface area contributed by atoms with Crippen molar-refractivity contribution in [1.29, 1.82) is 0 Å². The molecule has 0 saturated carbocycles. The molecule has 1 heterocycles. The number of rotatable bonds is 6. The standard InChI is InChI=1S/C14H16N2O2S/c1-19-8-4-7-15-13-9-11(14(17)18)10-5-2-3-6-12(10)16-13/h2-3,5-6,9H,4,7-8H2,1H3,(H,15,16)(H,17,18). The molecule has 0 fully saturated rings. The molecule has 2 rings (SSSR count). The highest BCUT2D eigenvalue weighted by Crippen LogP contribution is 2.20. The van der Waals surface area contributed by atoms with Crippen molar-refractivity contribution < 1.29 is 9.90 Å². The number of pyridine rings is 1. The molecular weight excluding hydrogens is 260 g/mol. The second kappa shape index (κ2) is 6.43. The van der Waals surface area contributed by atoms with Crippen molar-refractivity contribution in [2.75, 3.05) is 23.9 Å². The van der Waals surface area contributed by atoms with Gasteiger partial charge in [-0.15, -0.1) is 0 Å². The number of carboxylic acid groups (broad SMARTS) is 1. The van der Waals surface area contributed by atoms with Crippen LogP contribution in [0, 0.1) is 0 Å². The number of aromatic nitrogens is 1. The van der Waals surface area contributed by atoms with Gasteiger partial charge in [0.1, 0.15) is 5.82 Å². The van der Waals surface area contributed by atoms with Gasteiger partial charge in [0.15, 0.2) is 0 Å². The zero-order valence-corrected chi connectivity index (χ0v) is 11.5. The number of aromatic carboxylic acids is 1. The van der Waals surface area contributed by atoms with Gasteiger partial charge in [-0.2, -0.15) is 11.8 Å². The van der Waals surface area contributed by atoms with Crippen LogP contribution in [0.5, 0.6) is 0 Å². The fourth-order valence-corrected chi connectivity index (χ4v) is 2.31. The fourth-order valence-electron chi connectivity index (χ4n) is 1.88. The van der Waals surface area contributed by atoms with E-state index in [1.165, 1.54) is 0 Å². The number of hydrogen-bond acceptors (Lipinski definition) is 4. The zero-order chi connectivity index (χ0) is 13.7. The Morgan fingerprint density at radius 1 is 1.42 bits per heavy atom. The third-order valence-corrected chi connectivity index (χ3v) is 3.47. The minimum absolute atomic E-state index is 0.290. The van der Waals surface area contributed by atoms with Gasteiger partial charge in [-0.05, 0) is 30.6 Å². The molecule has 0 aliphatic carbocycles. The third kappa shape index (κ3) is 3.38. The van der Waals surface area contributed by atoms with Crippen molar-refractivity contribution in [3.8, 4) is 0 Å². The molecule has 1 aromatic carbocycles. The molecule has 5 heteroatoms. The molecule has 0 bridgehead atoms. The Bertz CT molecular complexity index is 587. The Hall–Kier alpha value is -1.75. The number of thioether (sulfide) groups is 1. The van der Waals surface area contributed by atoms with E-state index < -0.39 is 5.97 Å². The smallest absolute Gasteiger partial charge is 0.336 e. The highest BCUT2D eigenvalue weighted by atomic mass is 32.2. The molecule has 1 aromatic heterocycles. The number of para-hydroxylation sites is 1. The van der Waals surface area contributed by atoms with E-state index in [9.17, 15) is 9.90 Å². The van der Waals surface area contributed by atoms with E-state index in [1.807, 2.05) is 18.2 Å². The fraction of sp³-hybridized carbons (Fsp3) is 0.286. The monoisotopic (exact) mass is 276 g/mol. The largest absolute Gasteiger partial charge is 0.478 e. The van der Waals surface area contributed by atoms with Crippen LogP contribution in [0.25, 0.3) is 10.9 Å². The van der Waals surface area contributed by atoms with Gasteiger partial charge in [-0.3, -0.25) is 0 Å². The van der Waals surface area contributed by atoms with Crippen LogP contribution < -0.4 is 5.32 Å². The predicted molar refractivity (Wildman–Crippen MR) is 80.2 cm³/mol. The molecule has 0 unspecified atom stereocenters. The van der Waals surface area contributed by atoms with Crippen LogP contribution in [0.1, 0.15) is 16.8 Å². The number of carboxylic acids is 1. The molecule has 0 radical (unpaired) electrons. The Kier molecular flexibility index (Phi) is 4.63. The first kappa shape index (κ1) is 13.7. The summed E-state index contributed by atoms with van der Waals surface area (Å²) in [5, 5.41) is 13.1. The van der Waals surface area contributed by atoms with Crippen molar-refractivity contribution in [1.82, 2.24) is 4.98 Å². The second-order valence-electron chi connectivity index (χ2n) is 4.15. The molecule has 2 aromatic rings. The lowest BCUT2D eigenvalue weighted by atomic mass is 10.1. The summed E-state index contributed by atoms with van der Waals surface area (Å²) in [6.07, 6.45) is 3.09. The first-order valence-corrected chi connectivity index (χ1v) is 7.47. The Morgan fingerprint density at radius 2 is 2.21 bits per heavy atom. The SMILES string of the molecule is CSCCCNc1cc(C(=O)O)c2ccccc2n1. The minimum Gasteiger partial charge on any atom is -0.478 e. The van der Waals surface area contributed by atoms with E-state index in [0.29, 0.717) is 16.7 Å². The van der Waals surface area contributed by atoms with Gasteiger partial charge in [0.05, 0.1) is 11.1 Å². The maximum absolute atomic E-state index is 11.3. The predicted octanol–water partition coefficient (Wildman–Crippen LogP) is 3.10. The number of nitrogens with one attached hydrogen (secondary N) is 1. The van der Waals surface area contributed by atoms with Crippen LogP contribution in [0.15, 0.2) is 30.3 Å². The summed E-state index contributed by atoms with van der Waals surface area (Å²) in [6, 6.07) is 8.89. The Labute approximate surface area is 116 Å². The lowest BCUT2D eigenvalue weighted by molar-refractivity contribution is 0.0699. The average Bonchev–Trinajstić information content (AvgIpc) is 2.42. The number of anilines is 1. The second-order valence-corrected chi connectivity index (χ2v) is 5.14. The Balaban J connectivity index is 2.27. The van der Waals surface area contributed by atoms with Crippen LogP contribution >= 0.6 is 11.8 Å². The summed E-state index contributed by atoms with van der Waals surface area (Å²) < 4.78 is 0.